The predicted molar refractivity (Wildman–Crippen MR) is 77.2 cm³/mol. The van der Waals surface area contributed by atoms with Gasteiger partial charge < -0.3 is 11.1 Å². The number of rotatable bonds is 4. The van der Waals surface area contributed by atoms with Crippen LogP contribution in [0.2, 0.25) is 0 Å². The molecular formula is C11H13N5OS2. The van der Waals surface area contributed by atoms with Crippen molar-refractivity contribution in [3.05, 3.63) is 23.9 Å². The number of aryl methyl sites for hydroxylation is 1. The van der Waals surface area contributed by atoms with Gasteiger partial charge in [-0.15, -0.1) is 10.2 Å². The van der Waals surface area contributed by atoms with Crippen LogP contribution in [0.1, 0.15) is 12.5 Å². The van der Waals surface area contributed by atoms with Gasteiger partial charge in [0.2, 0.25) is 11.0 Å². The summed E-state index contributed by atoms with van der Waals surface area (Å²) in [5.74, 6) is 0.412. The third-order valence-corrected chi connectivity index (χ3v) is 4.17. The summed E-state index contributed by atoms with van der Waals surface area (Å²) in [6.45, 7) is 3.74. The summed E-state index contributed by atoms with van der Waals surface area (Å²) in [6, 6.07) is 3.67. The van der Waals surface area contributed by atoms with Crippen LogP contribution in [0, 0.1) is 6.92 Å². The lowest BCUT2D eigenvalue weighted by Crippen LogP contribution is -2.22. The number of pyridine rings is 1. The summed E-state index contributed by atoms with van der Waals surface area (Å²) < 4.78 is 0.678. The average molecular weight is 295 g/mol. The van der Waals surface area contributed by atoms with Crippen LogP contribution in [0.15, 0.2) is 22.7 Å². The predicted octanol–water partition coefficient (Wildman–Crippen LogP) is 1.94. The molecule has 2 heterocycles. The van der Waals surface area contributed by atoms with Gasteiger partial charge in [-0.1, -0.05) is 29.2 Å². The van der Waals surface area contributed by atoms with Crippen LogP contribution in [-0.2, 0) is 4.79 Å². The van der Waals surface area contributed by atoms with Gasteiger partial charge in [0.1, 0.15) is 5.82 Å². The van der Waals surface area contributed by atoms with Crippen LogP contribution < -0.4 is 11.1 Å². The number of hydrogen-bond donors (Lipinski definition) is 2. The van der Waals surface area contributed by atoms with E-state index in [0.29, 0.717) is 15.3 Å². The zero-order chi connectivity index (χ0) is 13.8. The highest BCUT2D eigenvalue weighted by atomic mass is 32.2. The number of nitrogens with two attached hydrogens (primary N) is 1. The van der Waals surface area contributed by atoms with Gasteiger partial charge in [-0.3, -0.25) is 4.79 Å². The van der Waals surface area contributed by atoms with E-state index < -0.39 is 0 Å². The van der Waals surface area contributed by atoms with E-state index in [-0.39, 0.29) is 11.2 Å². The molecule has 6 nitrogen and oxygen atoms in total. The number of nitrogen functional groups attached to an aromatic ring is 1. The molecule has 2 rings (SSSR count). The molecule has 19 heavy (non-hydrogen) atoms. The second-order valence-corrected chi connectivity index (χ2v) is 6.47. The molecule has 0 aliphatic rings. The Morgan fingerprint density at radius 2 is 2.26 bits per heavy atom. The van der Waals surface area contributed by atoms with Crippen LogP contribution in [0.3, 0.4) is 0 Å². The number of anilines is 2. The van der Waals surface area contributed by atoms with Crippen molar-refractivity contribution in [3.8, 4) is 0 Å². The van der Waals surface area contributed by atoms with Crippen LogP contribution in [0.4, 0.5) is 10.9 Å². The van der Waals surface area contributed by atoms with Crippen molar-refractivity contribution in [2.45, 2.75) is 23.4 Å². The Bertz CT molecular complexity index is 569. The van der Waals surface area contributed by atoms with Crippen LogP contribution >= 0.6 is 23.1 Å². The van der Waals surface area contributed by atoms with Gasteiger partial charge in [0, 0.05) is 6.20 Å². The summed E-state index contributed by atoms with van der Waals surface area (Å²) in [7, 11) is 0. The first-order chi connectivity index (χ1) is 9.04. The van der Waals surface area contributed by atoms with Crippen molar-refractivity contribution in [1.29, 1.82) is 0 Å². The largest absolute Gasteiger partial charge is 0.374 e. The van der Waals surface area contributed by atoms with Gasteiger partial charge in [-0.25, -0.2) is 4.98 Å². The van der Waals surface area contributed by atoms with Gasteiger partial charge in [0.25, 0.3) is 0 Å². The van der Waals surface area contributed by atoms with Crippen molar-refractivity contribution < 1.29 is 4.79 Å². The fraction of sp³-hybridized carbons (Fsp3) is 0.273. The molecule has 1 atom stereocenters. The van der Waals surface area contributed by atoms with E-state index >= 15 is 0 Å². The lowest BCUT2D eigenvalue weighted by molar-refractivity contribution is -0.115. The first-order valence-electron chi connectivity index (χ1n) is 5.54. The highest BCUT2D eigenvalue weighted by Gasteiger charge is 2.17. The Morgan fingerprint density at radius 1 is 1.47 bits per heavy atom. The number of amides is 1. The van der Waals surface area contributed by atoms with Crippen molar-refractivity contribution in [2.24, 2.45) is 0 Å². The Labute approximate surface area is 118 Å². The van der Waals surface area contributed by atoms with E-state index in [1.807, 2.05) is 13.0 Å². The average Bonchev–Trinajstić information content (AvgIpc) is 2.77. The SMILES string of the molecule is Cc1ccc(NC(=O)C(C)Sc2nnc(N)s2)nc1. The minimum absolute atomic E-state index is 0.130. The molecule has 3 N–H and O–H groups in total. The molecule has 8 heteroatoms. The molecule has 0 spiro atoms. The quantitative estimate of drug-likeness (QED) is 0.837. The molecule has 0 aliphatic heterocycles. The minimum Gasteiger partial charge on any atom is -0.374 e. The highest BCUT2D eigenvalue weighted by molar-refractivity contribution is 8.02. The van der Waals surface area contributed by atoms with Crippen molar-refractivity contribution in [3.63, 3.8) is 0 Å². The second kappa shape index (κ2) is 5.98. The highest BCUT2D eigenvalue weighted by Crippen LogP contribution is 2.27. The van der Waals surface area contributed by atoms with Crippen molar-refractivity contribution in [2.75, 3.05) is 11.1 Å². The molecule has 0 radical (unpaired) electrons. The minimum atomic E-state index is -0.296. The van der Waals surface area contributed by atoms with E-state index in [4.69, 9.17) is 5.73 Å². The summed E-state index contributed by atoms with van der Waals surface area (Å²) in [5, 5.41) is 10.4. The van der Waals surface area contributed by atoms with Crippen molar-refractivity contribution >= 4 is 40.0 Å². The normalized spacial score (nSPS) is 12.1. The summed E-state index contributed by atoms with van der Waals surface area (Å²) in [5.41, 5.74) is 6.54. The molecule has 0 aromatic carbocycles. The lowest BCUT2D eigenvalue weighted by atomic mass is 10.3. The molecule has 2 aromatic rings. The van der Waals surface area contributed by atoms with Crippen LogP contribution in [-0.4, -0.2) is 26.3 Å². The van der Waals surface area contributed by atoms with E-state index in [1.165, 1.54) is 23.1 Å². The van der Waals surface area contributed by atoms with Gasteiger partial charge in [-0.05, 0) is 25.5 Å². The number of nitrogens with zero attached hydrogens (tertiary/aromatic N) is 3. The fourth-order valence-corrected chi connectivity index (χ4v) is 3.02. The number of carbonyl (C=O) groups is 1. The number of thioether (sulfide) groups is 1. The Morgan fingerprint density at radius 3 is 2.84 bits per heavy atom. The lowest BCUT2D eigenvalue weighted by Gasteiger charge is -2.09. The fourth-order valence-electron chi connectivity index (χ4n) is 1.24. The van der Waals surface area contributed by atoms with Gasteiger partial charge in [0.05, 0.1) is 5.25 Å². The van der Waals surface area contributed by atoms with E-state index in [0.717, 1.165) is 5.56 Å². The van der Waals surface area contributed by atoms with E-state index in [1.54, 1.807) is 19.2 Å². The van der Waals surface area contributed by atoms with Gasteiger partial charge >= 0.3 is 0 Å². The number of aromatic nitrogens is 3. The van der Waals surface area contributed by atoms with Gasteiger partial charge in [0.15, 0.2) is 4.34 Å². The smallest absolute Gasteiger partial charge is 0.238 e. The maximum atomic E-state index is 12.0. The molecule has 1 unspecified atom stereocenters. The topological polar surface area (TPSA) is 93.8 Å². The Kier molecular flexibility index (Phi) is 4.33. The molecule has 0 fully saturated rings. The molecule has 0 aliphatic carbocycles. The van der Waals surface area contributed by atoms with Crippen molar-refractivity contribution in [1.82, 2.24) is 15.2 Å². The van der Waals surface area contributed by atoms with Crippen LogP contribution in [0.5, 0.6) is 0 Å². The summed E-state index contributed by atoms with van der Waals surface area (Å²) in [4.78, 5) is 16.1. The molecular weight excluding hydrogens is 282 g/mol. The van der Waals surface area contributed by atoms with Crippen LogP contribution in [0.25, 0.3) is 0 Å². The summed E-state index contributed by atoms with van der Waals surface area (Å²) in [6.07, 6.45) is 1.71. The molecule has 0 bridgehead atoms. The standard InChI is InChI=1S/C11H13N5OS2/c1-6-3-4-8(13-5-6)14-9(17)7(2)18-11-16-15-10(12)19-11/h3-5,7H,1-2H3,(H2,12,15)(H,13,14,17). The third kappa shape index (κ3) is 3.90. The number of hydrogen-bond acceptors (Lipinski definition) is 7. The molecule has 2 aromatic heterocycles. The zero-order valence-corrected chi connectivity index (χ0v) is 12.1. The Hall–Kier alpha value is -1.67. The number of carbonyl (C=O) groups excluding carboxylic acids is 1. The zero-order valence-electron chi connectivity index (χ0n) is 10.5. The Balaban J connectivity index is 1.94. The first kappa shape index (κ1) is 13.8. The maximum absolute atomic E-state index is 12.0. The molecule has 100 valence electrons. The molecule has 1 amide bonds. The summed E-state index contributed by atoms with van der Waals surface area (Å²) >= 11 is 2.58. The molecule has 0 saturated carbocycles. The first-order valence-corrected chi connectivity index (χ1v) is 7.23. The van der Waals surface area contributed by atoms with E-state index in [9.17, 15) is 4.79 Å². The number of nitrogens with one attached hydrogen (secondary N) is 1. The molecule has 0 saturated heterocycles. The second-order valence-electron chi connectivity index (χ2n) is 3.88. The third-order valence-electron chi connectivity index (χ3n) is 2.23. The monoisotopic (exact) mass is 295 g/mol. The van der Waals surface area contributed by atoms with Gasteiger partial charge in [-0.2, -0.15) is 0 Å². The van der Waals surface area contributed by atoms with E-state index in [2.05, 4.69) is 20.5 Å². The maximum Gasteiger partial charge on any atom is 0.238 e.